The molecule has 2 amide bonds. The van der Waals surface area contributed by atoms with Crippen LogP contribution < -0.4 is 20.7 Å². The Labute approximate surface area is 177 Å². The minimum absolute atomic E-state index is 0.0640. The van der Waals surface area contributed by atoms with Crippen LogP contribution in [0.5, 0.6) is 5.75 Å². The highest BCUT2D eigenvalue weighted by Crippen LogP contribution is 2.49. The highest BCUT2D eigenvalue weighted by molar-refractivity contribution is 6.11. The zero-order valence-electron chi connectivity index (χ0n) is 18.1. The Morgan fingerprint density at radius 2 is 1.90 bits per heavy atom. The lowest BCUT2D eigenvalue weighted by Gasteiger charge is -2.30. The van der Waals surface area contributed by atoms with Crippen LogP contribution in [0, 0.1) is 25.7 Å². The number of ether oxygens (including phenoxy) is 1. The lowest BCUT2D eigenvalue weighted by Crippen LogP contribution is -2.52. The molecule has 2 aliphatic heterocycles. The molecule has 3 atom stereocenters. The van der Waals surface area contributed by atoms with Gasteiger partial charge in [0.25, 0.3) is 0 Å². The number of anilines is 2. The first-order valence-corrected chi connectivity index (χ1v) is 10.4. The van der Waals surface area contributed by atoms with E-state index in [0.717, 1.165) is 28.1 Å². The highest BCUT2D eigenvalue weighted by atomic mass is 16.5. The summed E-state index contributed by atoms with van der Waals surface area (Å²) in [7, 11) is 1.60. The van der Waals surface area contributed by atoms with E-state index in [0.29, 0.717) is 18.0 Å². The average molecular weight is 408 g/mol. The maximum Gasteiger partial charge on any atom is 0.250 e. The van der Waals surface area contributed by atoms with E-state index in [2.05, 4.69) is 35.9 Å². The minimum Gasteiger partial charge on any atom is -0.497 e. The Bertz CT molecular complexity index is 1000. The minimum atomic E-state index is -1.06. The molecule has 2 aromatic rings. The van der Waals surface area contributed by atoms with Gasteiger partial charge in [0.2, 0.25) is 11.8 Å². The van der Waals surface area contributed by atoms with Crippen molar-refractivity contribution in [3.63, 3.8) is 0 Å². The smallest absolute Gasteiger partial charge is 0.250 e. The Morgan fingerprint density at radius 1 is 1.20 bits per heavy atom. The van der Waals surface area contributed by atoms with E-state index in [1.165, 1.54) is 0 Å². The fourth-order valence-corrected chi connectivity index (χ4v) is 4.80. The third-order valence-electron chi connectivity index (χ3n) is 6.41. The molecule has 3 N–H and O–H groups in total. The molecule has 0 unspecified atom stereocenters. The predicted molar refractivity (Wildman–Crippen MR) is 118 cm³/mol. The molecule has 0 saturated carbocycles. The molecule has 1 fully saturated rings. The standard InChI is InChI=1S/C24H29N3O3/c1-13(2)20-12-19(22(28)25-16-6-8-17(30-5)9-7-16)24(27-20)18-11-14(3)10-15(4)21(18)26-23(24)29/h6-11,13,19-20,27H,12H2,1-5H3,(H,25,28)(H,26,29)/t19-,20+,24+/m0/s1. The summed E-state index contributed by atoms with van der Waals surface area (Å²) in [6.07, 6.45) is 0.597. The normalized spacial score (nSPS) is 24.8. The van der Waals surface area contributed by atoms with Crippen LogP contribution in [-0.2, 0) is 15.1 Å². The molecular formula is C24H29N3O3. The van der Waals surface area contributed by atoms with Crippen molar-refractivity contribution in [2.75, 3.05) is 17.7 Å². The second-order valence-electron chi connectivity index (χ2n) is 8.77. The van der Waals surface area contributed by atoms with E-state index in [4.69, 9.17) is 4.74 Å². The van der Waals surface area contributed by atoms with E-state index in [1.54, 1.807) is 19.2 Å². The van der Waals surface area contributed by atoms with Crippen LogP contribution in [0.4, 0.5) is 11.4 Å². The van der Waals surface area contributed by atoms with Gasteiger partial charge in [-0.2, -0.15) is 0 Å². The van der Waals surface area contributed by atoms with Crippen LogP contribution in [0.15, 0.2) is 36.4 Å². The van der Waals surface area contributed by atoms with Crippen LogP contribution in [0.25, 0.3) is 0 Å². The lowest BCUT2D eigenvalue weighted by molar-refractivity contribution is -0.130. The lowest BCUT2D eigenvalue weighted by atomic mass is 9.78. The van der Waals surface area contributed by atoms with Crippen molar-refractivity contribution >= 4 is 23.2 Å². The number of amides is 2. The number of nitrogens with one attached hydrogen (secondary N) is 3. The van der Waals surface area contributed by atoms with Gasteiger partial charge < -0.3 is 15.4 Å². The second kappa shape index (κ2) is 7.43. The van der Waals surface area contributed by atoms with Gasteiger partial charge in [-0.3, -0.25) is 14.9 Å². The number of methoxy groups -OCH3 is 1. The van der Waals surface area contributed by atoms with Gasteiger partial charge in [-0.1, -0.05) is 31.5 Å². The van der Waals surface area contributed by atoms with Crippen molar-refractivity contribution in [3.8, 4) is 5.75 Å². The first-order valence-electron chi connectivity index (χ1n) is 10.4. The van der Waals surface area contributed by atoms with E-state index in [1.807, 2.05) is 32.0 Å². The van der Waals surface area contributed by atoms with Crippen LogP contribution in [-0.4, -0.2) is 25.0 Å². The monoisotopic (exact) mass is 407 g/mol. The largest absolute Gasteiger partial charge is 0.497 e. The van der Waals surface area contributed by atoms with Crippen molar-refractivity contribution in [1.82, 2.24) is 5.32 Å². The van der Waals surface area contributed by atoms with Gasteiger partial charge in [-0.25, -0.2) is 0 Å². The van der Waals surface area contributed by atoms with Crippen LogP contribution >= 0.6 is 0 Å². The van der Waals surface area contributed by atoms with Gasteiger partial charge in [0.15, 0.2) is 0 Å². The summed E-state index contributed by atoms with van der Waals surface area (Å²) < 4.78 is 5.19. The molecule has 1 saturated heterocycles. The van der Waals surface area contributed by atoms with Crippen LogP contribution in [0.2, 0.25) is 0 Å². The fourth-order valence-electron chi connectivity index (χ4n) is 4.80. The van der Waals surface area contributed by atoms with Crippen molar-refractivity contribution in [2.24, 2.45) is 11.8 Å². The molecule has 0 aromatic heterocycles. The summed E-state index contributed by atoms with van der Waals surface area (Å²) in [5.41, 5.74) is 3.42. The summed E-state index contributed by atoms with van der Waals surface area (Å²) >= 11 is 0. The molecule has 6 heteroatoms. The molecule has 2 aliphatic rings. The molecule has 2 heterocycles. The highest BCUT2D eigenvalue weighted by Gasteiger charge is 2.60. The summed E-state index contributed by atoms with van der Waals surface area (Å²) in [6.45, 7) is 8.24. The maximum atomic E-state index is 13.5. The number of carbonyl (C=O) groups excluding carboxylic acids is 2. The molecule has 0 radical (unpaired) electrons. The number of fused-ring (bicyclic) bond motifs is 2. The Kier molecular flexibility index (Phi) is 5.06. The Balaban J connectivity index is 1.74. The van der Waals surface area contributed by atoms with Crippen LogP contribution in [0.1, 0.15) is 37.0 Å². The number of hydrogen-bond donors (Lipinski definition) is 3. The van der Waals surface area contributed by atoms with Crippen molar-refractivity contribution in [1.29, 1.82) is 0 Å². The van der Waals surface area contributed by atoms with Crippen LogP contribution in [0.3, 0.4) is 0 Å². The van der Waals surface area contributed by atoms with Gasteiger partial charge in [0.1, 0.15) is 11.3 Å². The summed E-state index contributed by atoms with van der Waals surface area (Å²) in [4.78, 5) is 26.8. The predicted octanol–water partition coefficient (Wildman–Crippen LogP) is 3.73. The van der Waals surface area contributed by atoms with Gasteiger partial charge in [-0.05, 0) is 56.0 Å². The third kappa shape index (κ3) is 3.16. The number of rotatable bonds is 4. The summed E-state index contributed by atoms with van der Waals surface area (Å²) in [5, 5.41) is 9.63. The molecule has 30 heavy (non-hydrogen) atoms. The molecule has 6 nitrogen and oxygen atoms in total. The van der Waals surface area contributed by atoms with Gasteiger partial charge in [-0.15, -0.1) is 0 Å². The molecule has 4 rings (SSSR count). The molecule has 0 bridgehead atoms. The number of carbonyl (C=O) groups is 2. The topological polar surface area (TPSA) is 79.5 Å². The van der Waals surface area contributed by atoms with Crippen molar-refractivity contribution in [3.05, 3.63) is 53.1 Å². The molecule has 0 aliphatic carbocycles. The fraction of sp³-hybridized carbons (Fsp3) is 0.417. The van der Waals surface area contributed by atoms with Gasteiger partial charge in [0.05, 0.1) is 13.0 Å². The van der Waals surface area contributed by atoms with Gasteiger partial charge in [0, 0.05) is 23.0 Å². The van der Waals surface area contributed by atoms with Gasteiger partial charge >= 0.3 is 0 Å². The molecule has 1 spiro atoms. The molecule has 2 aromatic carbocycles. The third-order valence-corrected chi connectivity index (χ3v) is 6.41. The van der Waals surface area contributed by atoms with E-state index in [-0.39, 0.29) is 17.9 Å². The average Bonchev–Trinajstić information content (AvgIpc) is 3.24. The summed E-state index contributed by atoms with van der Waals surface area (Å²) in [5.74, 6) is 0.196. The molecular weight excluding hydrogens is 378 g/mol. The SMILES string of the molecule is COc1ccc(NC(=O)[C@@H]2C[C@H](C(C)C)N[C@@]23C(=O)Nc2c(C)cc(C)cc23)cc1. The Hall–Kier alpha value is -2.86. The van der Waals surface area contributed by atoms with Crippen molar-refractivity contribution in [2.45, 2.75) is 45.7 Å². The number of aryl methyl sites for hydroxylation is 2. The van der Waals surface area contributed by atoms with E-state index < -0.39 is 11.5 Å². The second-order valence-corrected chi connectivity index (χ2v) is 8.77. The van der Waals surface area contributed by atoms with E-state index >= 15 is 0 Å². The molecule has 158 valence electrons. The Morgan fingerprint density at radius 3 is 2.53 bits per heavy atom. The van der Waals surface area contributed by atoms with E-state index in [9.17, 15) is 9.59 Å². The first-order chi connectivity index (χ1) is 14.3. The maximum absolute atomic E-state index is 13.5. The first kappa shape index (κ1) is 20.4. The number of benzene rings is 2. The zero-order chi connectivity index (χ0) is 21.6. The number of hydrogen-bond acceptors (Lipinski definition) is 4. The quantitative estimate of drug-likeness (QED) is 0.722. The van der Waals surface area contributed by atoms with Crippen molar-refractivity contribution < 1.29 is 14.3 Å². The zero-order valence-corrected chi connectivity index (χ0v) is 18.1. The summed E-state index contributed by atoms with van der Waals surface area (Å²) in [6, 6.07) is 11.4.